The highest BCUT2D eigenvalue weighted by atomic mass is 19.3. The maximum absolute atomic E-state index is 13.2. The number of fused-ring (bicyclic) bond motifs is 1. The summed E-state index contributed by atoms with van der Waals surface area (Å²) in [6.45, 7) is 5.63. The molecule has 3 rings (SSSR count). The van der Waals surface area contributed by atoms with Crippen molar-refractivity contribution in [3.63, 3.8) is 0 Å². The Morgan fingerprint density at radius 3 is 2.82 bits per heavy atom. The molecular formula is C26H36F2N6O4. The van der Waals surface area contributed by atoms with E-state index in [1.807, 2.05) is 6.92 Å². The van der Waals surface area contributed by atoms with Crippen molar-refractivity contribution >= 4 is 17.7 Å². The van der Waals surface area contributed by atoms with Gasteiger partial charge in [-0.1, -0.05) is 6.07 Å². The van der Waals surface area contributed by atoms with Crippen molar-refractivity contribution in [2.75, 3.05) is 44.7 Å². The van der Waals surface area contributed by atoms with Crippen LogP contribution in [0.3, 0.4) is 0 Å². The number of carboxylic acid groups (broad SMARTS) is 1. The molecule has 2 aromatic rings. The van der Waals surface area contributed by atoms with Crippen LogP contribution in [0, 0.1) is 0 Å². The van der Waals surface area contributed by atoms with Crippen molar-refractivity contribution in [2.45, 2.75) is 57.9 Å². The lowest BCUT2D eigenvalue weighted by molar-refractivity contribution is -0.139. The zero-order chi connectivity index (χ0) is 27.3. The molecule has 0 fully saturated rings. The third-order valence-electron chi connectivity index (χ3n) is 6.40. The van der Waals surface area contributed by atoms with E-state index in [0.29, 0.717) is 26.3 Å². The predicted octanol–water partition coefficient (Wildman–Crippen LogP) is 3.10. The second kappa shape index (κ2) is 15.2. The molecule has 3 N–H and O–H groups in total. The minimum atomic E-state index is -2.93. The molecule has 38 heavy (non-hydrogen) atoms. The van der Waals surface area contributed by atoms with Crippen LogP contribution in [0.25, 0.3) is 0 Å². The topological polar surface area (TPSA) is 130 Å². The molecule has 0 aliphatic carbocycles. The number of pyridine rings is 1. The van der Waals surface area contributed by atoms with Crippen molar-refractivity contribution in [1.29, 1.82) is 0 Å². The first-order valence-corrected chi connectivity index (χ1v) is 13.0. The van der Waals surface area contributed by atoms with Gasteiger partial charge in [-0.2, -0.15) is 5.10 Å². The van der Waals surface area contributed by atoms with Gasteiger partial charge in [-0.25, -0.2) is 18.6 Å². The number of nitrogens with zero attached hydrogens (tertiary/aromatic N) is 4. The van der Waals surface area contributed by atoms with Crippen LogP contribution in [-0.2, 0) is 22.4 Å². The molecule has 208 valence electrons. The molecule has 0 saturated heterocycles. The number of aromatic nitrogens is 3. The summed E-state index contributed by atoms with van der Waals surface area (Å²) in [5.41, 5.74) is 1.13. The van der Waals surface area contributed by atoms with Crippen molar-refractivity contribution in [1.82, 2.24) is 25.4 Å². The van der Waals surface area contributed by atoms with E-state index in [0.717, 1.165) is 69.0 Å². The molecule has 1 aliphatic heterocycles. The number of hydrogen-bond donors (Lipinski definition) is 3. The summed E-state index contributed by atoms with van der Waals surface area (Å²) in [6.07, 6.45) is 3.02. The fraction of sp³-hybridized carbons (Fsp3) is 0.577. The van der Waals surface area contributed by atoms with E-state index < -0.39 is 35.6 Å². The Balaban J connectivity index is 1.52. The molecule has 0 aromatic carbocycles. The lowest BCUT2D eigenvalue weighted by Crippen LogP contribution is -2.44. The van der Waals surface area contributed by atoms with E-state index in [1.54, 1.807) is 0 Å². The van der Waals surface area contributed by atoms with Gasteiger partial charge < -0.3 is 25.4 Å². The summed E-state index contributed by atoms with van der Waals surface area (Å²) < 4.78 is 31.9. The Bertz CT molecular complexity index is 1060. The van der Waals surface area contributed by atoms with Crippen LogP contribution in [-0.4, -0.2) is 82.5 Å². The van der Waals surface area contributed by atoms with Crippen LogP contribution in [0.15, 0.2) is 24.4 Å². The van der Waals surface area contributed by atoms with Gasteiger partial charge in [-0.05, 0) is 69.7 Å². The van der Waals surface area contributed by atoms with Crippen LogP contribution in [0.1, 0.15) is 66.3 Å². The Morgan fingerprint density at radius 1 is 1.21 bits per heavy atom. The first-order valence-electron chi connectivity index (χ1n) is 13.0. The highest BCUT2D eigenvalue weighted by Crippen LogP contribution is 2.21. The normalized spacial score (nSPS) is 13.7. The predicted molar refractivity (Wildman–Crippen MR) is 137 cm³/mol. The molecule has 0 bridgehead atoms. The number of carbonyl (C=O) groups excluding carboxylic acids is 1. The first kappa shape index (κ1) is 29.3. The molecule has 1 atom stereocenters. The third kappa shape index (κ3) is 8.95. The van der Waals surface area contributed by atoms with Crippen molar-refractivity contribution in [3.8, 4) is 0 Å². The monoisotopic (exact) mass is 534 g/mol. The van der Waals surface area contributed by atoms with Crippen molar-refractivity contribution in [3.05, 3.63) is 46.9 Å². The minimum absolute atomic E-state index is 0.0928. The van der Waals surface area contributed by atoms with Gasteiger partial charge in [0.25, 0.3) is 12.3 Å². The van der Waals surface area contributed by atoms with Gasteiger partial charge in [0.1, 0.15) is 11.9 Å². The highest BCUT2D eigenvalue weighted by molar-refractivity contribution is 5.96. The van der Waals surface area contributed by atoms with E-state index in [2.05, 4.69) is 37.9 Å². The first-order chi connectivity index (χ1) is 18.4. The number of alkyl halides is 2. The average Bonchev–Trinajstić information content (AvgIpc) is 2.92. The van der Waals surface area contributed by atoms with Gasteiger partial charge in [0, 0.05) is 31.9 Å². The van der Waals surface area contributed by atoms with Crippen LogP contribution < -0.4 is 10.6 Å². The Hall–Kier alpha value is -3.25. The van der Waals surface area contributed by atoms with E-state index in [9.17, 15) is 23.5 Å². The number of nitrogens with one attached hydrogen (secondary N) is 2. The number of unbranched alkanes of at least 4 members (excludes halogenated alkanes) is 1. The quantitative estimate of drug-likeness (QED) is 0.278. The van der Waals surface area contributed by atoms with E-state index in [-0.39, 0.29) is 6.42 Å². The number of aliphatic carboxylic acids is 1. The molecule has 0 saturated carbocycles. The van der Waals surface area contributed by atoms with Gasteiger partial charge in [-0.3, -0.25) is 4.79 Å². The smallest absolute Gasteiger partial charge is 0.326 e. The average molecular weight is 535 g/mol. The van der Waals surface area contributed by atoms with Crippen LogP contribution in [0.4, 0.5) is 14.6 Å². The van der Waals surface area contributed by atoms with Gasteiger partial charge in [0.05, 0.1) is 18.4 Å². The molecule has 0 spiro atoms. The summed E-state index contributed by atoms with van der Waals surface area (Å²) in [5, 5.41) is 22.3. The molecule has 0 radical (unpaired) electrons. The van der Waals surface area contributed by atoms with Crippen molar-refractivity contribution < 1.29 is 28.2 Å². The van der Waals surface area contributed by atoms with Crippen LogP contribution in [0.2, 0.25) is 0 Å². The summed E-state index contributed by atoms with van der Waals surface area (Å²) in [6, 6.07) is 3.95. The van der Waals surface area contributed by atoms with Gasteiger partial charge in [0.15, 0.2) is 5.69 Å². The highest BCUT2D eigenvalue weighted by Gasteiger charge is 2.26. The number of anilines is 1. The maximum Gasteiger partial charge on any atom is 0.326 e. The van der Waals surface area contributed by atoms with Crippen molar-refractivity contribution in [2.24, 2.45) is 0 Å². The summed E-state index contributed by atoms with van der Waals surface area (Å²) in [7, 11) is 0. The summed E-state index contributed by atoms with van der Waals surface area (Å²) >= 11 is 0. The summed E-state index contributed by atoms with van der Waals surface area (Å²) in [4.78, 5) is 31.2. The molecule has 3 heterocycles. The third-order valence-corrected chi connectivity index (χ3v) is 6.40. The Labute approximate surface area is 221 Å². The van der Waals surface area contributed by atoms with Crippen LogP contribution >= 0.6 is 0 Å². The molecule has 10 nitrogen and oxygen atoms in total. The van der Waals surface area contributed by atoms with E-state index in [4.69, 9.17) is 9.72 Å². The van der Waals surface area contributed by atoms with Gasteiger partial charge in [-0.15, -0.1) is 5.10 Å². The minimum Gasteiger partial charge on any atom is -0.480 e. The number of hydrogen-bond acceptors (Lipinski definition) is 8. The standard InChI is InChI=1S/C26H36F2N6O4/c1-2-38-17-16-34(14-4-3-7-19-9-8-18-6-5-12-29-24(18)31-19)15-11-21(26(36)37)32-25(35)22-20(23(27)28)10-13-30-33-22/h8-10,13,21,23H,2-7,11-12,14-17H2,1H3,(H,29,31)(H,32,35)(H,36,37)/t21-/m0/s1. The molecular weight excluding hydrogens is 498 g/mol. The lowest BCUT2D eigenvalue weighted by atomic mass is 10.1. The van der Waals surface area contributed by atoms with Crippen LogP contribution in [0.5, 0.6) is 0 Å². The molecule has 1 amide bonds. The number of ether oxygens (including phenoxy) is 1. The molecule has 12 heteroatoms. The lowest BCUT2D eigenvalue weighted by Gasteiger charge is -2.24. The number of amides is 1. The maximum atomic E-state index is 13.2. The second-order valence-electron chi connectivity index (χ2n) is 9.13. The van der Waals surface area contributed by atoms with Gasteiger partial charge in [0.2, 0.25) is 0 Å². The van der Waals surface area contributed by atoms with E-state index in [1.165, 1.54) is 5.56 Å². The van der Waals surface area contributed by atoms with Gasteiger partial charge >= 0.3 is 5.97 Å². The molecule has 0 unspecified atom stereocenters. The number of rotatable bonds is 16. The number of carboxylic acids is 1. The Morgan fingerprint density at radius 2 is 2.05 bits per heavy atom. The Kier molecular flexibility index (Phi) is 11.7. The molecule has 1 aliphatic rings. The second-order valence-corrected chi connectivity index (χ2v) is 9.13. The summed E-state index contributed by atoms with van der Waals surface area (Å²) in [5.74, 6) is -1.26. The zero-order valence-electron chi connectivity index (χ0n) is 21.7. The zero-order valence-corrected chi connectivity index (χ0v) is 21.7. The fourth-order valence-corrected chi connectivity index (χ4v) is 4.31. The number of aryl methyl sites for hydroxylation is 2. The van der Waals surface area contributed by atoms with E-state index >= 15 is 0 Å². The largest absolute Gasteiger partial charge is 0.480 e. The fourth-order valence-electron chi connectivity index (χ4n) is 4.31. The molecule has 2 aromatic heterocycles. The SMILES string of the molecule is CCOCCN(CCCCc1ccc2c(n1)NCCC2)CC[C@H](NC(=O)c1nnccc1C(F)F)C(=O)O. The number of carbonyl (C=O) groups is 2. The number of halogens is 2.